The molecule has 6 heterocycles. The number of hydrogen-bond acceptors (Lipinski definition) is 8. The van der Waals surface area contributed by atoms with Crippen LogP contribution in [0.4, 0.5) is 10.7 Å². The number of aromatic nitrogens is 6. The molecule has 3 fully saturated rings. The highest BCUT2D eigenvalue weighted by Gasteiger charge is 2.43. The molecule has 0 radical (unpaired) electrons. The molecule has 7 rings (SSSR count). The number of likely N-dealkylation sites (tertiary alicyclic amines) is 1. The SMILES string of the molecule is CC(C)(C)OC(=O)N1CC2CN(c3nc(-c4ccc5cn[nH]c5c4)c4ncn(C5CCCCO5)c4n3)CC2C1. The Kier molecular flexibility index (Phi) is 5.73. The van der Waals surface area contributed by atoms with Crippen LogP contribution in [0.1, 0.15) is 46.3 Å². The molecule has 39 heavy (non-hydrogen) atoms. The Labute approximate surface area is 226 Å². The van der Waals surface area contributed by atoms with E-state index in [2.05, 4.69) is 37.9 Å². The molecule has 3 saturated heterocycles. The summed E-state index contributed by atoms with van der Waals surface area (Å²) in [5.74, 6) is 1.40. The molecule has 3 aliphatic heterocycles. The molecule has 3 unspecified atom stereocenters. The molecule has 0 saturated carbocycles. The van der Waals surface area contributed by atoms with E-state index in [-0.39, 0.29) is 12.3 Å². The second-order valence-electron chi connectivity index (χ2n) is 12.0. The van der Waals surface area contributed by atoms with Crippen molar-refractivity contribution in [2.75, 3.05) is 37.7 Å². The maximum absolute atomic E-state index is 12.7. The van der Waals surface area contributed by atoms with E-state index < -0.39 is 5.60 Å². The minimum atomic E-state index is -0.495. The Bertz CT molecular complexity index is 1520. The minimum Gasteiger partial charge on any atom is -0.444 e. The number of amides is 1. The van der Waals surface area contributed by atoms with Crippen molar-refractivity contribution < 1.29 is 14.3 Å². The number of nitrogens with zero attached hydrogens (tertiary/aromatic N) is 7. The smallest absolute Gasteiger partial charge is 0.410 e. The summed E-state index contributed by atoms with van der Waals surface area (Å²) >= 11 is 0. The van der Waals surface area contributed by atoms with Gasteiger partial charge in [0.15, 0.2) is 5.65 Å². The van der Waals surface area contributed by atoms with Crippen molar-refractivity contribution in [3.05, 3.63) is 30.7 Å². The van der Waals surface area contributed by atoms with Crippen LogP contribution < -0.4 is 4.90 Å². The molecule has 11 heteroatoms. The molecule has 0 aliphatic carbocycles. The van der Waals surface area contributed by atoms with E-state index in [1.807, 2.05) is 38.2 Å². The summed E-state index contributed by atoms with van der Waals surface area (Å²) < 4.78 is 13.8. The third-order valence-corrected chi connectivity index (χ3v) is 8.01. The topological polar surface area (TPSA) is 114 Å². The van der Waals surface area contributed by atoms with Crippen molar-refractivity contribution in [3.8, 4) is 11.3 Å². The van der Waals surface area contributed by atoms with E-state index in [1.165, 1.54) is 0 Å². The molecule has 0 bridgehead atoms. The zero-order valence-corrected chi connectivity index (χ0v) is 22.6. The van der Waals surface area contributed by atoms with Gasteiger partial charge in [-0.15, -0.1) is 0 Å². The Morgan fingerprint density at radius 3 is 2.67 bits per heavy atom. The number of aromatic amines is 1. The van der Waals surface area contributed by atoms with Crippen molar-refractivity contribution in [2.24, 2.45) is 11.8 Å². The van der Waals surface area contributed by atoms with Crippen LogP contribution in [0.2, 0.25) is 0 Å². The van der Waals surface area contributed by atoms with E-state index in [0.717, 1.165) is 72.3 Å². The Morgan fingerprint density at radius 1 is 1.10 bits per heavy atom. The fraction of sp³-hybridized carbons (Fsp3) is 0.536. The quantitative estimate of drug-likeness (QED) is 0.415. The number of hydrogen-bond donors (Lipinski definition) is 1. The summed E-state index contributed by atoms with van der Waals surface area (Å²) in [6.07, 6.45) is 6.50. The first-order valence-corrected chi connectivity index (χ1v) is 13.8. The molecule has 4 aromatic rings. The first kappa shape index (κ1) is 24.3. The van der Waals surface area contributed by atoms with Crippen LogP contribution in [0.5, 0.6) is 0 Å². The van der Waals surface area contributed by atoms with Crippen LogP contribution >= 0.6 is 0 Å². The van der Waals surface area contributed by atoms with E-state index in [4.69, 9.17) is 24.4 Å². The lowest BCUT2D eigenvalue weighted by Crippen LogP contribution is -2.37. The van der Waals surface area contributed by atoms with E-state index in [1.54, 1.807) is 0 Å². The molecule has 0 spiro atoms. The first-order valence-electron chi connectivity index (χ1n) is 13.8. The van der Waals surface area contributed by atoms with E-state index >= 15 is 0 Å². The third-order valence-electron chi connectivity index (χ3n) is 8.01. The van der Waals surface area contributed by atoms with Gasteiger partial charge in [-0.25, -0.2) is 14.8 Å². The number of carbonyl (C=O) groups is 1. The van der Waals surface area contributed by atoms with Gasteiger partial charge in [0, 0.05) is 55.6 Å². The Hall–Kier alpha value is -3.73. The van der Waals surface area contributed by atoms with Crippen LogP contribution in [0.15, 0.2) is 30.7 Å². The number of fused-ring (bicyclic) bond motifs is 3. The summed E-state index contributed by atoms with van der Waals surface area (Å²) in [7, 11) is 0. The van der Waals surface area contributed by atoms with Crippen LogP contribution in [-0.2, 0) is 9.47 Å². The summed E-state index contributed by atoms with van der Waals surface area (Å²) in [6, 6.07) is 6.19. The fourth-order valence-electron chi connectivity index (χ4n) is 6.12. The molecule has 3 aromatic heterocycles. The van der Waals surface area contributed by atoms with Crippen molar-refractivity contribution in [1.82, 2.24) is 34.6 Å². The fourth-order valence-corrected chi connectivity index (χ4v) is 6.12. The van der Waals surface area contributed by atoms with Gasteiger partial charge in [0.2, 0.25) is 5.95 Å². The van der Waals surface area contributed by atoms with Crippen LogP contribution in [-0.4, -0.2) is 79.1 Å². The molecule has 11 nitrogen and oxygen atoms in total. The predicted molar refractivity (Wildman–Crippen MR) is 146 cm³/mol. The number of nitrogens with one attached hydrogen (secondary N) is 1. The molecule has 204 valence electrons. The number of anilines is 1. The summed E-state index contributed by atoms with van der Waals surface area (Å²) in [5, 5.41) is 8.29. The minimum absolute atomic E-state index is 0.0743. The number of imidazole rings is 1. The summed E-state index contributed by atoms with van der Waals surface area (Å²) in [6.45, 7) is 9.43. The normalized spacial score (nSPS) is 23.6. The zero-order valence-electron chi connectivity index (χ0n) is 22.6. The molecule has 1 N–H and O–H groups in total. The maximum Gasteiger partial charge on any atom is 0.410 e. The van der Waals surface area contributed by atoms with Crippen molar-refractivity contribution in [1.29, 1.82) is 0 Å². The highest BCUT2D eigenvalue weighted by molar-refractivity contribution is 5.92. The Morgan fingerprint density at radius 2 is 1.92 bits per heavy atom. The van der Waals surface area contributed by atoms with Crippen molar-refractivity contribution in [3.63, 3.8) is 0 Å². The van der Waals surface area contributed by atoms with Gasteiger partial charge in [0.1, 0.15) is 23.0 Å². The second kappa shape index (κ2) is 9.18. The summed E-state index contributed by atoms with van der Waals surface area (Å²) in [4.78, 5) is 31.7. The predicted octanol–water partition coefficient (Wildman–Crippen LogP) is 4.37. The lowest BCUT2D eigenvalue weighted by molar-refractivity contribution is -0.0298. The van der Waals surface area contributed by atoms with E-state index in [9.17, 15) is 4.79 Å². The second-order valence-corrected chi connectivity index (χ2v) is 12.0. The molecular formula is C28H34N8O3. The highest BCUT2D eigenvalue weighted by atomic mass is 16.6. The third kappa shape index (κ3) is 4.48. The van der Waals surface area contributed by atoms with Gasteiger partial charge >= 0.3 is 6.09 Å². The number of ether oxygens (including phenoxy) is 2. The maximum atomic E-state index is 12.7. The van der Waals surface area contributed by atoms with Gasteiger partial charge in [-0.1, -0.05) is 12.1 Å². The average Bonchev–Trinajstić information content (AvgIpc) is 3.69. The van der Waals surface area contributed by atoms with Gasteiger partial charge in [0.25, 0.3) is 0 Å². The van der Waals surface area contributed by atoms with Gasteiger partial charge in [-0.3, -0.25) is 9.67 Å². The number of H-pyrrole nitrogens is 1. The van der Waals surface area contributed by atoms with Gasteiger partial charge < -0.3 is 19.3 Å². The molecule has 1 amide bonds. The van der Waals surface area contributed by atoms with Crippen LogP contribution in [0.25, 0.3) is 33.3 Å². The average molecular weight is 531 g/mol. The molecular weight excluding hydrogens is 496 g/mol. The lowest BCUT2D eigenvalue weighted by Gasteiger charge is -2.26. The lowest BCUT2D eigenvalue weighted by atomic mass is 10.0. The highest BCUT2D eigenvalue weighted by Crippen LogP contribution is 2.37. The standard InChI is InChI=1S/C28H34N8O3/c1-28(2,3)39-27(37)35-14-19-12-34(13-20(19)15-35)26-31-23(17-7-8-18-11-30-33-21(18)10-17)24-25(32-26)36(16-29-24)22-6-4-5-9-38-22/h7-8,10-11,16,19-20,22H,4-6,9,12-15H2,1-3H3,(H,30,33). The van der Waals surface area contributed by atoms with E-state index in [0.29, 0.717) is 30.9 Å². The molecule has 1 aromatic carbocycles. The number of carbonyl (C=O) groups excluding carboxylic acids is 1. The molecule has 3 atom stereocenters. The van der Waals surface area contributed by atoms with Gasteiger partial charge in [-0.2, -0.15) is 10.1 Å². The Balaban J connectivity index is 1.22. The summed E-state index contributed by atoms with van der Waals surface area (Å²) in [5.41, 5.74) is 3.78. The zero-order chi connectivity index (χ0) is 26.7. The van der Waals surface area contributed by atoms with Crippen molar-refractivity contribution in [2.45, 2.75) is 51.9 Å². The van der Waals surface area contributed by atoms with Crippen LogP contribution in [0.3, 0.4) is 0 Å². The molecule has 3 aliphatic rings. The largest absolute Gasteiger partial charge is 0.444 e. The van der Waals surface area contributed by atoms with Gasteiger partial charge in [-0.05, 0) is 46.1 Å². The van der Waals surface area contributed by atoms with Gasteiger partial charge in [0.05, 0.1) is 18.0 Å². The number of benzene rings is 1. The van der Waals surface area contributed by atoms with Crippen LogP contribution in [0, 0.1) is 11.8 Å². The van der Waals surface area contributed by atoms with Crippen molar-refractivity contribution >= 4 is 34.1 Å². The monoisotopic (exact) mass is 530 g/mol. The first-order chi connectivity index (χ1) is 18.8. The number of rotatable bonds is 3.